The van der Waals surface area contributed by atoms with Crippen molar-refractivity contribution in [1.29, 1.82) is 0 Å². The summed E-state index contributed by atoms with van der Waals surface area (Å²) in [7, 11) is 0. The van der Waals surface area contributed by atoms with E-state index in [0.29, 0.717) is 32.5 Å². The molecule has 226 valence electrons. The van der Waals surface area contributed by atoms with Crippen LogP contribution in [0.5, 0.6) is 0 Å². The van der Waals surface area contributed by atoms with Crippen molar-refractivity contribution in [3.63, 3.8) is 0 Å². The number of unbranched alkanes of at least 4 members (excludes halogenated alkanes) is 16. The molecule has 0 aromatic rings. The lowest BCUT2D eigenvalue weighted by Crippen LogP contribution is -2.49. The second-order valence-electron chi connectivity index (χ2n) is 11.4. The Hall–Kier alpha value is -1.85. The first kappa shape index (κ1) is 35.2. The lowest BCUT2D eigenvalue weighted by atomic mass is 9.77. The van der Waals surface area contributed by atoms with Crippen molar-refractivity contribution in [3.8, 4) is 0 Å². The van der Waals surface area contributed by atoms with Crippen LogP contribution in [0.4, 0.5) is 0 Å². The molecule has 1 saturated carbocycles. The lowest BCUT2D eigenvalue weighted by Gasteiger charge is -2.37. The van der Waals surface area contributed by atoms with E-state index in [9.17, 15) is 14.4 Å². The largest absolute Gasteiger partial charge is 0.465 e. The third-order valence-electron chi connectivity index (χ3n) is 7.85. The van der Waals surface area contributed by atoms with Gasteiger partial charge in [-0.1, -0.05) is 123 Å². The summed E-state index contributed by atoms with van der Waals surface area (Å²) in [5, 5.41) is 0. The molecule has 0 bridgehead atoms. The number of carbonyl (C=O) groups excluding carboxylic acids is 3. The van der Waals surface area contributed by atoms with E-state index >= 15 is 0 Å². The van der Waals surface area contributed by atoms with Crippen molar-refractivity contribution in [2.45, 2.75) is 161 Å². The predicted molar refractivity (Wildman–Crippen MR) is 157 cm³/mol. The van der Waals surface area contributed by atoms with Gasteiger partial charge in [0.1, 0.15) is 0 Å². The number of hydrogen-bond acceptors (Lipinski definition) is 6. The Morgan fingerprint density at radius 1 is 0.718 bits per heavy atom. The van der Waals surface area contributed by atoms with Crippen molar-refractivity contribution in [2.24, 2.45) is 5.92 Å². The number of ether oxygens (including phenoxy) is 3. The number of carbonyl (C=O) groups is 3. The van der Waals surface area contributed by atoms with Gasteiger partial charge >= 0.3 is 17.9 Å². The van der Waals surface area contributed by atoms with Crippen LogP contribution in [-0.4, -0.2) is 36.7 Å². The van der Waals surface area contributed by atoms with Crippen LogP contribution in [0, 0.1) is 5.92 Å². The van der Waals surface area contributed by atoms with Crippen LogP contribution in [-0.2, 0) is 28.6 Å². The summed E-state index contributed by atoms with van der Waals surface area (Å²) in [4.78, 5) is 38.1. The molecule has 0 heterocycles. The van der Waals surface area contributed by atoms with Gasteiger partial charge in [0, 0.05) is 12.5 Å². The van der Waals surface area contributed by atoms with Gasteiger partial charge < -0.3 is 14.2 Å². The maximum absolute atomic E-state index is 13.1. The van der Waals surface area contributed by atoms with Gasteiger partial charge in [-0.25, -0.2) is 9.59 Å². The molecule has 0 aromatic heterocycles. The smallest absolute Gasteiger partial charge is 0.350 e. The topological polar surface area (TPSA) is 78.9 Å². The van der Waals surface area contributed by atoms with Crippen LogP contribution in [0.1, 0.15) is 155 Å². The van der Waals surface area contributed by atoms with Crippen LogP contribution >= 0.6 is 0 Å². The maximum atomic E-state index is 13.1. The normalized spacial score (nSPS) is 18.9. The first-order valence-corrected chi connectivity index (χ1v) is 16.2. The van der Waals surface area contributed by atoms with Crippen LogP contribution in [0.25, 0.3) is 0 Å². The van der Waals surface area contributed by atoms with E-state index in [1.807, 2.05) is 0 Å². The highest BCUT2D eigenvalue weighted by Gasteiger charge is 2.49. The molecule has 0 saturated heterocycles. The molecule has 1 aliphatic carbocycles. The Balaban J connectivity index is 2.40. The quantitative estimate of drug-likeness (QED) is 0.0517. The van der Waals surface area contributed by atoms with Crippen LogP contribution in [0.2, 0.25) is 0 Å². The third-order valence-corrected chi connectivity index (χ3v) is 7.85. The molecule has 39 heavy (non-hydrogen) atoms. The molecule has 6 heteroatoms. The van der Waals surface area contributed by atoms with E-state index in [-0.39, 0.29) is 12.4 Å². The molecule has 1 rings (SSSR count). The molecule has 0 aliphatic heterocycles. The van der Waals surface area contributed by atoms with Crippen LogP contribution < -0.4 is 0 Å². The molecule has 0 N–H and O–H groups in total. The Morgan fingerprint density at radius 3 is 1.67 bits per heavy atom. The van der Waals surface area contributed by atoms with E-state index in [0.717, 1.165) is 44.6 Å². The van der Waals surface area contributed by atoms with E-state index in [1.165, 1.54) is 77.0 Å². The fourth-order valence-corrected chi connectivity index (χ4v) is 5.40. The molecule has 1 fully saturated rings. The van der Waals surface area contributed by atoms with E-state index in [1.54, 1.807) is 0 Å². The summed E-state index contributed by atoms with van der Waals surface area (Å²) < 4.78 is 16.7. The van der Waals surface area contributed by atoms with Gasteiger partial charge in [0.2, 0.25) is 5.60 Å². The minimum Gasteiger partial charge on any atom is -0.465 e. The molecule has 2 atom stereocenters. The van der Waals surface area contributed by atoms with Gasteiger partial charge in [-0.2, -0.15) is 0 Å². The van der Waals surface area contributed by atoms with Gasteiger partial charge in [-0.3, -0.25) is 4.79 Å². The van der Waals surface area contributed by atoms with Crippen molar-refractivity contribution < 1.29 is 28.6 Å². The molecular weight excluding hydrogens is 492 g/mol. The first-order valence-electron chi connectivity index (χ1n) is 16.2. The molecule has 6 nitrogen and oxygen atoms in total. The molecule has 1 aliphatic rings. The van der Waals surface area contributed by atoms with E-state index in [2.05, 4.69) is 20.4 Å². The average Bonchev–Trinajstić information content (AvgIpc) is 2.94. The first-order chi connectivity index (χ1) is 19.0. The zero-order valence-corrected chi connectivity index (χ0v) is 25.3. The Bertz CT molecular complexity index is 675. The number of esters is 3. The lowest BCUT2D eigenvalue weighted by molar-refractivity contribution is -0.188. The summed E-state index contributed by atoms with van der Waals surface area (Å²) in [6, 6.07) is 0. The molecule has 0 aromatic carbocycles. The van der Waals surface area contributed by atoms with E-state index in [4.69, 9.17) is 14.2 Å². The zero-order chi connectivity index (χ0) is 28.6. The Morgan fingerprint density at radius 2 is 1.18 bits per heavy atom. The number of rotatable bonds is 24. The van der Waals surface area contributed by atoms with Crippen molar-refractivity contribution in [2.75, 3.05) is 13.2 Å². The van der Waals surface area contributed by atoms with Crippen LogP contribution in [0.15, 0.2) is 12.7 Å². The van der Waals surface area contributed by atoms with Crippen LogP contribution in [0.3, 0.4) is 0 Å². The summed E-state index contributed by atoms with van der Waals surface area (Å²) in [6.45, 7) is 8.62. The second-order valence-corrected chi connectivity index (χ2v) is 11.4. The van der Waals surface area contributed by atoms with Gasteiger partial charge in [0.15, 0.2) is 0 Å². The third kappa shape index (κ3) is 16.1. The monoisotopic (exact) mass is 550 g/mol. The highest BCUT2D eigenvalue weighted by molar-refractivity contribution is 5.88. The van der Waals surface area contributed by atoms with Crippen molar-refractivity contribution >= 4 is 17.9 Å². The molecular formula is C33H58O6. The highest BCUT2D eigenvalue weighted by Crippen LogP contribution is 2.37. The van der Waals surface area contributed by atoms with Crippen molar-refractivity contribution in [3.05, 3.63) is 12.7 Å². The molecule has 0 radical (unpaired) electrons. The predicted octanol–water partition coefficient (Wildman–Crippen LogP) is 8.79. The fourth-order valence-electron chi connectivity index (χ4n) is 5.40. The van der Waals surface area contributed by atoms with E-state index < -0.39 is 23.5 Å². The van der Waals surface area contributed by atoms with Gasteiger partial charge in [-0.05, 0) is 32.1 Å². The van der Waals surface area contributed by atoms with Crippen molar-refractivity contribution in [1.82, 2.24) is 0 Å². The maximum Gasteiger partial charge on any atom is 0.350 e. The molecule has 0 amide bonds. The van der Waals surface area contributed by atoms with Gasteiger partial charge in [0.25, 0.3) is 0 Å². The second kappa shape index (κ2) is 22.9. The summed E-state index contributed by atoms with van der Waals surface area (Å²) in [5.41, 5.74) is -1.44. The minimum atomic E-state index is -1.44. The van der Waals surface area contributed by atoms with Gasteiger partial charge in [0.05, 0.1) is 19.1 Å². The molecule has 0 spiro atoms. The molecule has 2 unspecified atom stereocenters. The van der Waals surface area contributed by atoms with Gasteiger partial charge in [-0.15, -0.1) is 0 Å². The summed E-state index contributed by atoms with van der Waals surface area (Å²) >= 11 is 0. The summed E-state index contributed by atoms with van der Waals surface area (Å²) in [6.07, 6.45) is 24.1. The number of hydrogen-bond donors (Lipinski definition) is 0. The summed E-state index contributed by atoms with van der Waals surface area (Å²) in [5.74, 6) is -2.00. The minimum absolute atomic E-state index is 0.111. The average molecular weight is 551 g/mol. The Labute approximate surface area is 239 Å². The Kier molecular flexibility index (Phi) is 20.7. The standard InChI is InChI=1S/C33H58O6/c1-4-7-9-11-13-15-16-18-20-22-27-38-32(36)33(39-30(34)6-3)25-23-24-29(28-33)31(35)37-26-21-19-17-14-12-10-8-5-2/h6,29H,3-5,7-28H2,1-2H3. The SMILES string of the molecule is C=CC(=O)OC1(C(=O)OCCCCCCCCCCCC)CCCC(C(=O)OCCCCCCCCCC)C1. The zero-order valence-electron chi connectivity index (χ0n) is 25.3. The highest BCUT2D eigenvalue weighted by atomic mass is 16.6. The fraction of sp³-hybridized carbons (Fsp3) is 0.848.